The first-order valence-electron chi connectivity index (χ1n) is 7.60. The first kappa shape index (κ1) is 15.0. The summed E-state index contributed by atoms with van der Waals surface area (Å²) in [6.45, 7) is 5.07. The van der Waals surface area contributed by atoms with Crippen LogP contribution in [0.1, 0.15) is 56.8 Å². The molecule has 2 rings (SSSR count). The van der Waals surface area contributed by atoms with E-state index in [0.717, 1.165) is 44.3 Å². The lowest BCUT2D eigenvalue weighted by Crippen LogP contribution is -2.46. The molecule has 2 unspecified atom stereocenters. The molecule has 1 aromatic heterocycles. The van der Waals surface area contributed by atoms with Crippen LogP contribution in [0.5, 0.6) is 0 Å². The van der Waals surface area contributed by atoms with Crippen LogP contribution in [0, 0.1) is 0 Å². The highest BCUT2D eigenvalue weighted by atomic mass is 16.4. The highest BCUT2D eigenvalue weighted by molar-refractivity contribution is 5.73. The Bertz CT molecular complexity index is 444. The van der Waals surface area contributed by atoms with Crippen LogP contribution in [0.15, 0.2) is 18.3 Å². The van der Waals surface area contributed by atoms with Gasteiger partial charge in [0.25, 0.3) is 0 Å². The molecule has 0 spiro atoms. The lowest BCUT2D eigenvalue weighted by Gasteiger charge is -2.38. The maximum atomic E-state index is 11.5. The molecule has 20 heavy (non-hydrogen) atoms. The highest BCUT2D eigenvalue weighted by Gasteiger charge is 2.33. The van der Waals surface area contributed by atoms with E-state index in [1.165, 1.54) is 5.56 Å². The van der Waals surface area contributed by atoms with Crippen molar-refractivity contribution in [3.63, 3.8) is 0 Å². The molecule has 2 atom stereocenters. The number of pyridine rings is 1. The van der Waals surface area contributed by atoms with E-state index in [1.807, 2.05) is 6.20 Å². The lowest BCUT2D eigenvalue weighted by atomic mass is 9.97. The van der Waals surface area contributed by atoms with E-state index >= 15 is 0 Å². The number of hydrogen-bond acceptors (Lipinski definition) is 3. The average Bonchev–Trinajstić information content (AvgIpc) is 2.49. The monoisotopic (exact) mass is 276 g/mol. The Balaban J connectivity index is 2.22. The fourth-order valence-electron chi connectivity index (χ4n) is 3.05. The number of aryl methyl sites for hydroxylation is 1. The number of aromatic nitrogens is 1. The predicted molar refractivity (Wildman–Crippen MR) is 78.6 cm³/mol. The molecule has 2 heterocycles. The molecular weight excluding hydrogens is 252 g/mol. The molecular formula is C16H24N2O2. The zero-order chi connectivity index (χ0) is 14.5. The first-order chi connectivity index (χ1) is 9.67. The molecule has 0 bridgehead atoms. The quantitative estimate of drug-likeness (QED) is 0.898. The number of piperidine rings is 1. The number of rotatable bonds is 5. The minimum Gasteiger partial charge on any atom is -0.480 e. The maximum absolute atomic E-state index is 11.5. The summed E-state index contributed by atoms with van der Waals surface area (Å²) in [4.78, 5) is 18.1. The van der Waals surface area contributed by atoms with Gasteiger partial charge < -0.3 is 5.11 Å². The highest BCUT2D eigenvalue weighted by Crippen LogP contribution is 2.30. The number of carbonyl (C=O) groups is 1. The van der Waals surface area contributed by atoms with E-state index < -0.39 is 5.97 Å². The summed E-state index contributed by atoms with van der Waals surface area (Å²) in [7, 11) is 0. The van der Waals surface area contributed by atoms with Crippen LogP contribution in [0.3, 0.4) is 0 Å². The number of hydrogen-bond donors (Lipinski definition) is 1. The van der Waals surface area contributed by atoms with E-state index in [-0.39, 0.29) is 12.1 Å². The van der Waals surface area contributed by atoms with Crippen molar-refractivity contribution in [2.24, 2.45) is 0 Å². The Morgan fingerprint density at radius 1 is 1.45 bits per heavy atom. The lowest BCUT2D eigenvalue weighted by molar-refractivity contribution is -0.146. The van der Waals surface area contributed by atoms with E-state index in [4.69, 9.17) is 0 Å². The second kappa shape index (κ2) is 6.84. The third kappa shape index (κ3) is 3.18. The second-order valence-corrected chi connectivity index (χ2v) is 5.46. The zero-order valence-corrected chi connectivity index (χ0v) is 12.4. The second-order valence-electron chi connectivity index (χ2n) is 5.46. The third-order valence-electron chi connectivity index (χ3n) is 4.21. The van der Waals surface area contributed by atoms with Gasteiger partial charge in [-0.1, -0.05) is 26.3 Å². The molecule has 1 aliphatic heterocycles. The summed E-state index contributed by atoms with van der Waals surface area (Å²) in [5.74, 6) is -0.701. The van der Waals surface area contributed by atoms with Gasteiger partial charge in [0.1, 0.15) is 6.04 Å². The Labute approximate surface area is 120 Å². The zero-order valence-electron chi connectivity index (χ0n) is 12.4. The van der Waals surface area contributed by atoms with Crippen LogP contribution in [0.25, 0.3) is 0 Å². The van der Waals surface area contributed by atoms with Crippen LogP contribution in [-0.2, 0) is 11.2 Å². The number of likely N-dealkylation sites (tertiary alicyclic amines) is 1. The normalized spacial score (nSPS) is 21.6. The number of aliphatic carboxylic acids is 1. The molecule has 1 saturated heterocycles. The maximum Gasteiger partial charge on any atom is 0.320 e. The van der Waals surface area contributed by atoms with Crippen molar-refractivity contribution in [2.45, 2.75) is 58.0 Å². The molecule has 4 heteroatoms. The van der Waals surface area contributed by atoms with Gasteiger partial charge >= 0.3 is 5.97 Å². The molecule has 1 aromatic rings. The SMILES string of the molecule is CCc1ccc(C(CC)N2CCCCC2C(=O)O)nc1. The van der Waals surface area contributed by atoms with Gasteiger partial charge in [-0.05, 0) is 43.9 Å². The van der Waals surface area contributed by atoms with Crippen LogP contribution in [-0.4, -0.2) is 33.5 Å². The summed E-state index contributed by atoms with van der Waals surface area (Å²) in [6.07, 6.45) is 6.61. The van der Waals surface area contributed by atoms with Crippen molar-refractivity contribution in [1.82, 2.24) is 9.88 Å². The Hall–Kier alpha value is -1.42. The molecule has 1 fully saturated rings. The minimum absolute atomic E-state index is 0.113. The third-order valence-corrected chi connectivity index (χ3v) is 4.21. The molecule has 1 N–H and O–H groups in total. The topological polar surface area (TPSA) is 53.4 Å². The number of carboxylic acids is 1. The minimum atomic E-state index is -0.701. The Kier molecular flexibility index (Phi) is 5.12. The number of carboxylic acid groups (broad SMARTS) is 1. The fourth-order valence-corrected chi connectivity index (χ4v) is 3.05. The van der Waals surface area contributed by atoms with Crippen LogP contribution in [0.2, 0.25) is 0 Å². The molecule has 0 aliphatic carbocycles. The van der Waals surface area contributed by atoms with Gasteiger partial charge in [-0.2, -0.15) is 0 Å². The largest absolute Gasteiger partial charge is 0.480 e. The molecule has 0 aromatic carbocycles. The predicted octanol–water partition coefficient (Wildman–Crippen LogP) is 3.03. The molecule has 0 saturated carbocycles. The summed E-state index contributed by atoms with van der Waals surface area (Å²) >= 11 is 0. The Morgan fingerprint density at radius 3 is 2.80 bits per heavy atom. The van der Waals surface area contributed by atoms with Crippen molar-refractivity contribution in [3.8, 4) is 0 Å². The van der Waals surface area contributed by atoms with E-state index in [2.05, 4.69) is 35.9 Å². The van der Waals surface area contributed by atoms with Gasteiger partial charge in [0.05, 0.1) is 11.7 Å². The molecule has 0 amide bonds. The van der Waals surface area contributed by atoms with E-state index in [1.54, 1.807) is 0 Å². The average molecular weight is 276 g/mol. The summed E-state index contributed by atoms with van der Waals surface area (Å²) in [6, 6.07) is 3.91. The molecule has 0 radical (unpaired) electrons. The van der Waals surface area contributed by atoms with Crippen molar-refractivity contribution in [1.29, 1.82) is 0 Å². The van der Waals surface area contributed by atoms with Gasteiger partial charge in [-0.3, -0.25) is 14.7 Å². The van der Waals surface area contributed by atoms with Crippen LogP contribution >= 0.6 is 0 Å². The van der Waals surface area contributed by atoms with Crippen LogP contribution < -0.4 is 0 Å². The van der Waals surface area contributed by atoms with Gasteiger partial charge in [-0.15, -0.1) is 0 Å². The van der Waals surface area contributed by atoms with Crippen molar-refractivity contribution < 1.29 is 9.90 Å². The van der Waals surface area contributed by atoms with E-state index in [9.17, 15) is 9.90 Å². The molecule has 1 aliphatic rings. The van der Waals surface area contributed by atoms with Crippen LogP contribution in [0.4, 0.5) is 0 Å². The van der Waals surface area contributed by atoms with Gasteiger partial charge in [0.2, 0.25) is 0 Å². The first-order valence-corrected chi connectivity index (χ1v) is 7.60. The summed E-state index contributed by atoms with van der Waals surface area (Å²) in [5, 5.41) is 9.42. The summed E-state index contributed by atoms with van der Waals surface area (Å²) in [5.41, 5.74) is 2.22. The fraction of sp³-hybridized carbons (Fsp3) is 0.625. The van der Waals surface area contributed by atoms with E-state index in [0.29, 0.717) is 0 Å². The van der Waals surface area contributed by atoms with Gasteiger partial charge in [0, 0.05) is 6.20 Å². The Morgan fingerprint density at radius 2 is 2.25 bits per heavy atom. The number of nitrogens with zero attached hydrogens (tertiary/aromatic N) is 2. The smallest absolute Gasteiger partial charge is 0.320 e. The van der Waals surface area contributed by atoms with Crippen molar-refractivity contribution in [3.05, 3.63) is 29.6 Å². The van der Waals surface area contributed by atoms with Gasteiger partial charge in [0.15, 0.2) is 0 Å². The van der Waals surface area contributed by atoms with Crippen molar-refractivity contribution in [2.75, 3.05) is 6.54 Å². The standard InChI is InChI=1S/C16H24N2O2/c1-3-12-8-9-13(17-11-12)14(4-2)18-10-6-5-7-15(18)16(19)20/h8-9,11,14-15H,3-7,10H2,1-2H3,(H,19,20). The molecule has 4 nitrogen and oxygen atoms in total. The van der Waals surface area contributed by atoms with Gasteiger partial charge in [-0.25, -0.2) is 0 Å². The summed E-state index contributed by atoms with van der Waals surface area (Å²) < 4.78 is 0. The molecule has 110 valence electrons. The van der Waals surface area contributed by atoms with Crippen molar-refractivity contribution >= 4 is 5.97 Å².